The molecule has 0 aliphatic carbocycles. The van der Waals surface area contributed by atoms with E-state index in [2.05, 4.69) is 35.9 Å². The highest BCUT2D eigenvalue weighted by atomic mass is 15.5. The number of aromatic amines is 1. The smallest absolute Gasteiger partial charge is 0.193 e. The van der Waals surface area contributed by atoms with Gasteiger partial charge in [0.2, 0.25) is 0 Å². The number of rotatable bonds is 3. The van der Waals surface area contributed by atoms with E-state index in [1.54, 1.807) is 0 Å². The second-order valence-electron chi connectivity index (χ2n) is 3.12. The lowest BCUT2D eigenvalue weighted by Crippen LogP contribution is -2.05. The predicted octanol–water partition coefficient (Wildman–Crippen LogP) is 0.219. The van der Waals surface area contributed by atoms with Crippen LogP contribution in [0.4, 0.5) is 5.82 Å². The van der Waals surface area contributed by atoms with Gasteiger partial charge >= 0.3 is 0 Å². The molecule has 78 valence electrons. The Bertz CT molecular complexity index is 416. The number of tetrazole rings is 1. The summed E-state index contributed by atoms with van der Waals surface area (Å²) in [5.41, 5.74) is 0.929. The average molecular weight is 205 g/mol. The van der Waals surface area contributed by atoms with Gasteiger partial charge in [-0.3, -0.25) is 0 Å². The van der Waals surface area contributed by atoms with Crippen LogP contribution in [0.2, 0.25) is 0 Å². The fourth-order valence-corrected chi connectivity index (χ4v) is 1.23. The Morgan fingerprint density at radius 3 is 2.87 bits per heavy atom. The van der Waals surface area contributed by atoms with Crippen LogP contribution in [-0.2, 0) is 6.54 Å². The Kier molecular flexibility index (Phi) is 2.53. The molecular weight excluding hydrogens is 194 g/mol. The van der Waals surface area contributed by atoms with Crippen molar-refractivity contribution in [2.75, 3.05) is 5.32 Å². The highest BCUT2D eigenvalue weighted by Gasteiger charge is 2.00. The lowest BCUT2D eigenvalue weighted by Gasteiger charge is -2.04. The average Bonchev–Trinajstić information content (AvgIpc) is 2.65. The largest absolute Gasteiger partial charge is 0.363 e. The van der Waals surface area contributed by atoms with E-state index in [1.165, 1.54) is 0 Å². The summed E-state index contributed by atoms with van der Waals surface area (Å²) >= 11 is 0. The van der Waals surface area contributed by atoms with Gasteiger partial charge in [0.05, 0.1) is 6.54 Å². The normalized spacial score (nSPS) is 10.3. The van der Waals surface area contributed by atoms with Crippen LogP contribution >= 0.6 is 0 Å². The Labute approximate surface area is 86.3 Å². The molecule has 0 radical (unpaired) electrons. The first kappa shape index (κ1) is 9.50. The van der Waals surface area contributed by atoms with Crippen LogP contribution in [0.1, 0.15) is 17.3 Å². The van der Waals surface area contributed by atoms with Crippen LogP contribution in [0.5, 0.6) is 0 Å². The standard InChI is InChI=1S/C8H11N7/c1-5-3-7(11-6(2)10-5)9-4-8-12-14-15-13-8/h3H,4H2,1-2H3,(H,9,10,11)(H,12,13,14,15). The van der Waals surface area contributed by atoms with Gasteiger partial charge in [-0.15, -0.1) is 10.2 Å². The van der Waals surface area contributed by atoms with E-state index in [9.17, 15) is 0 Å². The summed E-state index contributed by atoms with van der Waals surface area (Å²) in [5, 5.41) is 16.6. The molecule has 0 bridgehead atoms. The van der Waals surface area contributed by atoms with Crippen molar-refractivity contribution in [2.45, 2.75) is 20.4 Å². The van der Waals surface area contributed by atoms with Gasteiger partial charge in [-0.1, -0.05) is 5.21 Å². The molecule has 0 aliphatic heterocycles. The van der Waals surface area contributed by atoms with Crippen LogP contribution in [0, 0.1) is 13.8 Å². The maximum Gasteiger partial charge on any atom is 0.193 e. The molecule has 2 rings (SSSR count). The molecule has 0 saturated carbocycles. The number of H-pyrrole nitrogens is 1. The second-order valence-corrected chi connectivity index (χ2v) is 3.12. The maximum atomic E-state index is 4.23. The highest BCUT2D eigenvalue weighted by Crippen LogP contribution is 2.06. The van der Waals surface area contributed by atoms with Crippen molar-refractivity contribution in [1.82, 2.24) is 30.6 Å². The first-order valence-corrected chi connectivity index (χ1v) is 4.52. The van der Waals surface area contributed by atoms with Crippen molar-refractivity contribution < 1.29 is 0 Å². The zero-order chi connectivity index (χ0) is 10.7. The molecule has 0 atom stereocenters. The Hall–Kier alpha value is -2.05. The fourth-order valence-electron chi connectivity index (χ4n) is 1.23. The van der Waals surface area contributed by atoms with Gasteiger partial charge in [-0.05, 0) is 13.8 Å². The van der Waals surface area contributed by atoms with Crippen molar-refractivity contribution in [3.8, 4) is 0 Å². The van der Waals surface area contributed by atoms with E-state index in [-0.39, 0.29) is 0 Å². The van der Waals surface area contributed by atoms with Crippen molar-refractivity contribution in [3.05, 3.63) is 23.4 Å². The van der Waals surface area contributed by atoms with Crippen molar-refractivity contribution in [1.29, 1.82) is 0 Å². The van der Waals surface area contributed by atoms with Gasteiger partial charge in [-0.25, -0.2) is 9.97 Å². The van der Waals surface area contributed by atoms with Crippen LogP contribution < -0.4 is 5.32 Å². The third-order valence-corrected chi connectivity index (χ3v) is 1.78. The third kappa shape index (κ3) is 2.46. The second kappa shape index (κ2) is 3.99. The molecule has 2 N–H and O–H groups in total. The van der Waals surface area contributed by atoms with Gasteiger partial charge in [0.25, 0.3) is 0 Å². The SMILES string of the molecule is Cc1cc(NCc2nn[nH]n2)nc(C)n1. The van der Waals surface area contributed by atoms with Crippen LogP contribution in [-0.4, -0.2) is 30.6 Å². The van der Waals surface area contributed by atoms with Gasteiger partial charge in [-0.2, -0.15) is 5.21 Å². The quantitative estimate of drug-likeness (QED) is 0.744. The number of aromatic nitrogens is 6. The molecule has 7 nitrogen and oxygen atoms in total. The monoisotopic (exact) mass is 205 g/mol. The zero-order valence-electron chi connectivity index (χ0n) is 8.52. The minimum absolute atomic E-state index is 0.492. The summed E-state index contributed by atoms with van der Waals surface area (Å²) < 4.78 is 0. The minimum atomic E-state index is 0.492. The zero-order valence-corrected chi connectivity index (χ0v) is 8.52. The molecule has 2 heterocycles. The summed E-state index contributed by atoms with van der Waals surface area (Å²) in [4.78, 5) is 8.40. The van der Waals surface area contributed by atoms with E-state index in [4.69, 9.17) is 0 Å². The summed E-state index contributed by atoms with van der Waals surface area (Å²) in [5.74, 6) is 2.11. The highest BCUT2D eigenvalue weighted by molar-refractivity contribution is 5.35. The van der Waals surface area contributed by atoms with Gasteiger partial charge in [0.15, 0.2) is 5.82 Å². The number of nitrogens with zero attached hydrogens (tertiary/aromatic N) is 5. The van der Waals surface area contributed by atoms with Crippen LogP contribution in [0.25, 0.3) is 0 Å². The van der Waals surface area contributed by atoms with Crippen molar-refractivity contribution >= 4 is 5.82 Å². The van der Waals surface area contributed by atoms with Crippen molar-refractivity contribution in [2.24, 2.45) is 0 Å². The Morgan fingerprint density at radius 1 is 1.33 bits per heavy atom. The van der Waals surface area contributed by atoms with E-state index >= 15 is 0 Å². The molecule has 0 amide bonds. The molecule has 0 aliphatic rings. The van der Waals surface area contributed by atoms with Gasteiger partial charge < -0.3 is 5.32 Å². The lowest BCUT2D eigenvalue weighted by molar-refractivity contribution is 0.881. The molecule has 0 unspecified atom stereocenters. The molecule has 2 aromatic rings. The number of aryl methyl sites for hydroxylation is 2. The minimum Gasteiger partial charge on any atom is -0.363 e. The maximum absolute atomic E-state index is 4.23. The molecule has 0 saturated heterocycles. The number of nitrogens with one attached hydrogen (secondary N) is 2. The number of hydrogen-bond donors (Lipinski definition) is 2. The first-order chi connectivity index (χ1) is 7.24. The molecule has 7 heteroatoms. The van der Waals surface area contributed by atoms with Crippen LogP contribution in [0.15, 0.2) is 6.07 Å². The summed E-state index contributed by atoms with van der Waals surface area (Å²) in [6, 6.07) is 1.87. The molecule has 15 heavy (non-hydrogen) atoms. The van der Waals surface area contributed by atoms with Gasteiger partial charge in [0, 0.05) is 11.8 Å². The third-order valence-electron chi connectivity index (χ3n) is 1.78. The summed E-state index contributed by atoms with van der Waals surface area (Å²) in [6.45, 7) is 4.27. The molecule has 0 aromatic carbocycles. The summed E-state index contributed by atoms with van der Waals surface area (Å²) in [6.07, 6.45) is 0. The van der Waals surface area contributed by atoms with Crippen LogP contribution in [0.3, 0.4) is 0 Å². The number of hydrogen-bond acceptors (Lipinski definition) is 6. The molecular formula is C8H11N7. The topological polar surface area (TPSA) is 92.3 Å². The predicted molar refractivity (Wildman–Crippen MR) is 53.0 cm³/mol. The lowest BCUT2D eigenvalue weighted by atomic mass is 10.4. The van der Waals surface area contributed by atoms with E-state index in [0.717, 1.165) is 17.3 Å². The number of anilines is 1. The van der Waals surface area contributed by atoms with Crippen molar-refractivity contribution in [3.63, 3.8) is 0 Å². The molecule has 2 aromatic heterocycles. The van der Waals surface area contributed by atoms with Gasteiger partial charge in [0.1, 0.15) is 11.6 Å². The summed E-state index contributed by atoms with van der Waals surface area (Å²) in [7, 11) is 0. The first-order valence-electron chi connectivity index (χ1n) is 4.52. The fraction of sp³-hybridized carbons (Fsp3) is 0.375. The van der Waals surface area contributed by atoms with E-state index in [1.807, 2.05) is 19.9 Å². The van der Waals surface area contributed by atoms with E-state index in [0.29, 0.717) is 12.4 Å². The Morgan fingerprint density at radius 2 is 2.20 bits per heavy atom. The Balaban J connectivity index is 2.05. The van der Waals surface area contributed by atoms with E-state index < -0.39 is 0 Å². The molecule has 0 fully saturated rings. The molecule has 0 spiro atoms.